The molecule has 0 aliphatic heterocycles. The number of carboxylic acids is 1. The van der Waals surface area contributed by atoms with Crippen LogP contribution in [0, 0.1) is 0 Å². The molecule has 0 aliphatic rings. The number of carboxylic acid groups (broad SMARTS) is 1. The first-order valence-electron chi connectivity index (χ1n) is 4.53. The zero-order valence-corrected chi connectivity index (χ0v) is 9.51. The monoisotopic (exact) mass is 244 g/mol. The second-order valence-corrected chi connectivity index (χ2v) is 5.23. The van der Waals surface area contributed by atoms with Gasteiger partial charge in [0.2, 0.25) is 10.0 Å². The molecule has 1 rings (SSSR count). The lowest BCUT2D eigenvalue weighted by Gasteiger charge is -2.17. The molecular formula is C9H12N2O4S. The number of rotatable bonds is 5. The summed E-state index contributed by atoms with van der Waals surface area (Å²) in [5.41, 5.74) is 0. The molecule has 0 radical (unpaired) electrons. The number of sulfonamides is 1. The van der Waals surface area contributed by atoms with Crippen LogP contribution in [-0.2, 0) is 14.8 Å². The molecule has 1 N–H and O–H groups in total. The predicted molar refractivity (Wildman–Crippen MR) is 58.7 cm³/mol. The van der Waals surface area contributed by atoms with Crippen molar-refractivity contribution < 1.29 is 18.3 Å². The van der Waals surface area contributed by atoms with Crippen LogP contribution >= 0.6 is 0 Å². The molecule has 0 fully saturated rings. The van der Waals surface area contributed by atoms with Gasteiger partial charge in [-0.15, -0.1) is 0 Å². The van der Waals surface area contributed by atoms with Gasteiger partial charge in [0.25, 0.3) is 0 Å². The molecule has 0 amide bonds. The smallest absolute Gasteiger partial charge is 0.304 e. The fourth-order valence-corrected chi connectivity index (χ4v) is 2.14. The maximum absolute atomic E-state index is 11.7. The van der Waals surface area contributed by atoms with E-state index < -0.39 is 28.2 Å². The molecule has 0 atom stereocenters. The number of pyridine rings is 1. The Morgan fingerprint density at radius 3 is 2.69 bits per heavy atom. The standard InChI is InChI=1S/C9H12N2O4S/c1-11(8-4-2-3-6-10-8)16(14,15)7-5-9(12)13/h2-4,6H,5,7H2,1H3,(H,12,13). The molecule has 6 nitrogen and oxygen atoms in total. The molecule has 0 aliphatic carbocycles. The topological polar surface area (TPSA) is 87.6 Å². The quantitative estimate of drug-likeness (QED) is 0.806. The maximum Gasteiger partial charge on any atom is 0.304 e. The summed E-state index contributed by atoms with van der Waals surface area (Å²) < 4.78 is 24.3. The molecule has 0 unspecified atom stereocenters. The third-order valence-corrected chi connectivity index (χ3v) is 3.70. The number of carbonyl (C=O) groups is 1. The molecule has 1 heterocycles. The minimum absolute atomic E-state index is 0.271. The van der Waals surface area contributed by atoms with E-state index >= 15 is 0 Å². The van der Waals surface area contributed by atoms with Crippen LogP contribution in [0.1, 0.15) is 6.42 Å². The van der Waals surface area contributed by atoms with Gasteiger partial charge < -0.3 is 5.11 Å². The van der Waals surface area contributed by atoms with Gasteiger partial charge in [-0.25, -0.2) is 13.4 Å². The maximum atomic E-state index is 11.7. The van der Waals surface area contributed by atoms with Crippen molar-refractivity contribution in [1.29, 1.82) is 0 Å². The Labute approximate surface area is 93.6 Å². The van der Waals surface area contributed by atoms with Crippen LogP contribution in [0.2, 0.25) is 0 Å². The zero-order chi connectivity index (χ0) is 12.2. The molecular weight excluding hydrogens is 232 g/mol. The van der Waals surface area contributed by atoms with Gasteiger partial charge in [0.1, 0.15) is 5.82 Å². The first-order chi connectivity index (χ1) is 7.43. The van der Waals surface area contributed by atoms with Crippen LogP contribution in [0.15, 0.2) is 24.4 Å². The summed E-state index contributed by atoms with van der Waals surface area (Å²) in [5.74, 6) is -1.30. The summed E-state index contributed by atoms with van der Waals surface area (Å²) >= 11 is 0. The highest BCUT2D eigenvalue weighted by Crippen LogP contribution is 2.12. The Hall–Kier alpha value is -1.63. The first-order valence-corrected chi connectivity index (χ1v) is 6.14. The highest BCUT2D eigenvalue weighted by Gasteiger charge is 2.20. The molecule has 1 aromatic heterocycles. The van der Waals surface area contributed by atoms with Crippen LogP contribution in [0.25, 0.3) is 0 Å². The highest BCUT2D eigenvalue weighted by molar-refractivity contribution is 7.92. The fourth-order valence-electron chi connectivity index (χ4n) is 1.04. The minimum atomic E-state index is -3.62. The predicted octanol–water partition coefficient (Wildman–Crippen LogP) is 0.322. The number of aliphatic carboxylic acids is 1. The fraction of sp³-hybridized carbons (Fsp3) is 0.333. The molecule has 88 valence electrons. The van der Waals surface area contributed by atoms with Gasteiger partial charge in [0.05, 0.1) is 12.2 Å². The normalized spacial score (nSPS) is 11.1. The molecule has 1 aromatic rings. The second-order valence-electron chi connectivity index (χ2n) is 3.12. The molecule has 0 aromatic carbocycles. The minimum Gasteiger partial charge on any atom is -0.481 e. The van der Waals surface area contributed by atoms with E-state index in [1.807, 2.05) is 0 Å². The average Bonchev–Trinajstić information content (AvgIpc) is 2.27. The number of aromatic nitrogens is 1. The lowest BCUT2D eigenvalue weighted by atomic mass is 10.5. The van der Waals surface area contributed by atoms with E-state index in [1.165, 1.54) is 19.3 Å². The van der Waals surface area contributed by atoms with Crippen LogP contribution in [0.4, 0.5) is 5.82 Å². The molecule has 0 saturated heterocycles. The molecule has 0 spiro atoms. The summed E-state index contributed by atoms with van der Waals surface area (Å²) in [6.45, 7) is 0. The Morgan fingerprint density at radius 1 is 1.50 bits per heavy atom. The van der Waals surface area contributed by atoms with E-state index in [4.69, 9.17) is 5.11 Å². The molecule has 0 saturated carbocycles. The van der Waals surface area contributed by atoms with Gasteiger partial charge in [0, 0.05) is 13.2 Å². The third-order valence-electron chi connectivity index (χ3n) is 1.96. The van der Waals surface area contributed by atoms with E-state index in [0.717, 1.165) is 4.31 Å². The molecule has 16 heavy (non-hydrogen) atoms. The van der Waals surface area contributed by atoms with Crippen LogP contribution in [0.3, 0.4) is 0 Å². The van der Waals surface area contributed by atoms with Crippen molar-refractivity contribution in [2.75, 3.05) is 17.1 Å². The summed E-state index contributed by atoms with van der Waals surface area (Å²) in [5, 5.41) is 8.43. The van der Waals surface area contributed by atoms with Crippen molar-refractivity contribution in [2.24, 2.45) is 0 Å². The van der Waals surface area contributed by atoms with Gasteiger partial charge in [-0.05, 0) is 12.1 Å². The van der Waals surface area contributed by atoms with Gasteiger partial charge in [-0.3, -0.25) is 9.10 Å². The Balaban J connectivity index is 2.81. The van der Waals surface area contributed by atoms with Gasteiger partial charge in [-0.2, -0.15) is 0 Å². The summed E-state index contributed by atoms with van der Waals surface area (Å²) in [6.07, 6.45) is 1.05. The van der Waals surface area contributed by atoms with Crippen molar-refractivity contribution in [3.05, 3.63) is 24.4 Å². The van der Waals surface area contributed by atoms with Crippen LogP contribution in [0.5, 0.6) is 0 Å². The number of hydrogen-bond donors (Lipinski definition) is 1. The van der Waals surface area contributed by atoms with E-state index in [-0.39, 0.29) is 5.82 Å². The summed E-state index contributed by atoms with van der Waals surface area (Å²) in [6, 6.07) is 4.87. The number of nitrogens with zero attached hydrogens (tertiary/aromatic N) is 2. The Bertz CT molecular complexity index is 458. The van der Waals surface area contributed by atoms with E-state index in [2.05, 4.69) is 4.98 Å². The van der Waals surface area contributed by atoms with E-state index in [0.29, 0.717) is 0 Å². The lowest BCUT2D eigenvalue weighted by Crippen LogP contribution is -2.30. The van der Waals surface area contributed by atoms with Crippen LogP contribution in [-0.4, -0.2) is 37.3 Å². The van der Waals surface area contributed by atoms with Crippen molar-refractivity contribution in [2.45, 2.75) is 6.42 Å². The van der Waals surface area contributed by atoms with Gasteiger partial charge in [-0.1, -0.05) is 6.07 Å². The number of hydrogen-bond acceptors (Lipinski definition) is 4. The van der Waals surface area contributed by atoms with Crippen molar-refractivity contribution >= 4 is 21.8 Å². The second kappa shape index (κ2) is 4.93. The largest absolute Gasteiger partial charge is 0.481 e. The summed E-state index contributed by atoms with van der Waals surface area (Å²) in [7, 11) is -2.27. The Kier molecular flexibility index (Phi) is 3.83. The summed E-state index contributed by atoms with van der Waals surface area (Å²) in [4.78, 5) is 14.2. The van der Waals surface area contributed by atoms with Crippen molar-refractivity contribution in [3.63, 3.8) is 0 Å². The van der Waals surface area contributed by atoms with E-state index in [9.17, 15) is 13.2 Å². The highest BCUT2D eigenvalue weighted by atomic mass is 32.2. The van der Waals surface area contributed by atoms with E-state index in [1.54, 1.807) is 12.1 Å². The zero-order valence-electron chi connectivity index (χ0n) is 8.70. The van der Waals surface area contributed by atoms with Crippen molar-refractivity contribution in [3.8, 4) is 0 Å². The number of anilines is 1. The molecule has 7 heteroatoms. The van der Waals surface area contributed by atoms with Crippen LogP contribution < -0.4 is 4.31 Å². The molecule has 0 bridgehead atoms. The van der Waals surface area contributed by atoms with Gasteiger partial charge in [0.15, 0.2) is 0 Å². The third kappa shape index (κ3) is 3.20. The van der Waals surface area contributed by atoms with Crippen molar-refractivity contribution in [1.82, 2.24) is 4.98 Å². The first kappa shape index (κ1) is 12.4. The average molecular weight is 244 g/mol. The van der Waals surface area contributed by atoms with Gasteiger partial charge >= 0.3 is 5.97 Å². The lowest BCUT2D eigenvalue weighted by molar-refractivity contribution is -0.136. The Morgan fingerprint density at radius 2 is 2.19 bits per heavy atom. The SMILES string of the molecule is CN(c1ccccn1)S(=O)(=O)CCC(=O)O.